The number of H-pyrrole nitrogens is 1. The van der Waals surface area contributed by atoms with Gasteiger partial charge in [0.1, 0.15) is 0 Å². The van der Waals surface area contributed by atoms with Gasteiger partial charge in [0, 0.05) is 5.39 Å². The van der Waals surface area contributed by atoms with E-state index in [2.05, 4.69) is 39.4 Å². The third-order valence-electron chi connectivity index (χ3n) is 2.57. The lowest BCUT2D eigenvalue weighted by atomic mass is 10.0. The normalized spacial score (nSPS) is 11.1. The van der Waals surface area contributed by atoms with Crippen molar-refractivity contribution < 1.29 is 0 Å². The first kappa shape index (κ1) is 8.71. The maximum Gasteiger partial charge on any atom is 0.0727 e. The Morgan fingerprint density at radius 1 is 1.31 bits per heavy atom. The topological polar surface area (TPSA) is 28.7 Å². The highest BCUT2D eigenvalue weighted by Crippen LogP contribution is 2.22. The molecule has 0 amide bonds. The first-order chi connectivity index (χ1) is 6.11. The fourth-order valence-corrected chi connectivity index (χ4v) is 2.17. The van der Waals surface area contributed by atoms with Gasteiger partial charge in [-0.2, -0.15) is 5.10 Å². The van der Waals surface area contributed by atoms with E-state index < -0.39 is 0 Å². The fraction of sp³-hybridized carbons (Fsp3) is 0.300. The van der Waals surface area contributed by atoms with Gasteiger partial charge in [-0.15, -0.1) is 9.24 Å². The summed E-state index contributed by atoms with van der Waals surface area (Å²) in [5, 5.41) is 9.74. The number of aromatic nitrogens is 2. The van der Waals surface area contributed by atoms with Crippen molar-refractivity contribution in [2.24, 2.45) is 0 Å². The van der Waals surface area contributed by atoms with Crippen molar-refractivity contribution in [1.82, 2.24) is 10.2 Å². The van der Waals surface area contributed by atoms with Gasteiger partial charge in [-0.1, -0.05) is 0 Å². The molecule has 68 valence electrons. The molecule has 0 saturated carbocycles. The lowest BCUT2D eigenvalue weighted by molar-refractivity contribution is 1.07. The van der Waals surface area contributed by atoms with Crippen LogP contribution in [0.5, 0.6) is 0 Å². The van der Waals surface area contributed by atoms with Crippen LogP contribution in [0.15, 0.2) is 6.07 Å². The number of benzene rings is 1. The smallest absolute Gasteiger partial charge is 0.0727 e. The number of aryl methyl sites for hydroxylation is 3. The van der Waals surface area contributed by atoms with Gasteiger partial charge in [0.05, 0.1) is 11.2 Å². The minimum atomic E-state index is 1.08. The summed E-state index contributed by atoms with van der Waals surface area (Å²) in [4.78, 5) is 0. The summed E-state index contributed by atoms with van der Waals surface area (Å²) in [6.07, 6.45) is 0. The molecule has 1 atom stereocenters. The molecule has 0 radical (unpaired) electrons. The molecular formula is C10H13N2P. The number of nitrogens with one attached hydrogen (secondary N) is 1. The number of hydrogen-bond acceptors (Lipinski definition) is 1. The van der Waals surface area contributed by atoms with Crippen molar-refractivity contribution in [1.29, 1.82) is 0 Å². The molecule has 3 heteroatoms. The van der Waals surface area contributed by atoms with Crippen LogP contribution in [0.4, 0.5) is 0 Å². The highest BCUT2D eigenvalue weighted by Gasteiger charge is 2.08. The second-order valence-electron chi connectivity index (χ2n) is 3.47. The molecule has 0 spiro atoms. The molecule has 1 aromatic heterocycles. The molecule has 0 aliphatic rings. The van der Waals surface area contributed by atoms with Gasteiger partial charge in [-0.3, -0.25) is 5.10 Å². The second kappa shape index (κ2) is 2.81. The number of nitrogens with zero attached hydrogens (tertiary/aromatic N) is 1. The summed E-state index contributed by atoms with van der Waals surface area (Å²) in [6, 6.07) is 2.17. The summed E-state index contributed by atoms with van der Waals surface area (Å²) in [7, 11) is 2.74. The molecule has 0 aliphatic carbocycles. The number of aromatic amines is 1. The zero-order valence-electron chi connectivity index (χ0n) is 8.10. The van der Waals surface area contributed by atoms with Crippen LogP contribution in [0.25, 0.3) is 10.9 Å². The van der Waals surface area contributed by atoms with Crippen LogP contribution in [0, 0.1) is 20.8 Å². The highest BCUT2D eigenvalue weighted by molar-refractivity contribution is 7.28. The zero-order valence-corrected chi connectivity index (χ0v) is 9.26. The predicted molar refractivity (Wildman–Crippen MR) is 59.6 cm³/mol. The number of rotatable bonds is 0. The van der Waals surface area contributed by atoms with Crippen molar-refractivity contribution in [2.75, 3.05) is 0 Å². The van der Waals surface area contributed by atoms with E-state index in [0.29, 0.717) is 0 Å². The average molecular weight is 192 g/mol. The van der Waals surface area contributed by atoms with Crippen molar-refractivity contribution >= 4 is 25.4 Å². The molecule has 0 saturated heterocycles. The Bertz CT molecular complexity index is 471. The van der Waals surface area contributed by atoms with Crippen molar-refractivity contribution in [2.45, 2.75) is 20.8 Å². The lowest BCUT2D eigenvalue weighted by Crippen LogP contribution is -1.97. The Morgan fingerprint density at radius 2 is 2.00 bits per heavy atom. The summed E-state index contributed by atoms with van der Waals surface area (Å²) >= 11 is 0. The Labute approximate surface area is 79.9 Å². The standard InChI is InChI=1S/C10H13N2P/c1-5-4-8(13)10-9(6(5)2)7(3)11-12-10/h4H,13H2,1-3H3,(H,11,12). The Kier molecular flexibility index (Phi) is 1.88. The van der Waals surface area contributed by atoms with E-state index in [4.69, 9.17) is 0 Å². The van der Waals surface area contributed by atoms with Crippen LogP contribution in [-0.2, 0) is 0 Å². The summed E-state index contributed by atoms with van der Waals surface area (Å²) in [5.74, 6) is 0. The van der Waals surface area contributed by atoms with E-state index in [9.17, 15) is 0 Å². The van der Waals surface area contributed by atoms with Gasteiger partial charge < -0.3 is 0 Å². The van der Waals surface area contributed by atoms with Crippen LogP contribution in [0.2, 0.25) is 0 Å². The molecule has 2 rings (SSSR count). The monoisotopic (exact) mass is 192 g/mol. The van der Waals surface area contributed by atoms with E-state index >= 15 is 0 Å². The molecule has 1 heterocycles. The largest absolute Gasteiger partial charge is 0.277 e. The van der Waals surface area contributed by atoms with Crippen LogP contribution in [-0.4, -0.2) is 10.2 Å². The molecule has 0 aliphatic heterocycles. The van der Waals surface area contributed by atoms with Gasteiger partial charge in [-0.05, 0) is 43.3 Å². The predicted octanol–water partition coefficient (Wildman–Crippen LogP) is 1.99. The third kappa shape index (κ3) is 1.17. The van der Waals surface area contributed by atoms with Crippen molar-refractivity contribution in [3.8, 4) is 0 Å². The summed E-state index contributed by atoms with van der Waals surface area (Å²) in [6.45, 7) is 6.31. The minimum Gasteiger partial charge on any atom is -0.277 e. The molecule has 13 heavy (non-hydrogen) atoms. The van der Waals surface area contributed by atoms with E-state index in [0.717, 1.165) is 11.2 Å². The van der Waals surface area contributed by atoms with Crippen molar-refractivity contribution in [3.05, 3.63) is 22.9 Å². The first-order valence-corrected chi connectivity index (χ1v) is 4.89. The maximum absolute atomic E-state index is 4.22. The number of hydrogen-bond donors (Lipinski definition) is 1. The first-order valence-electron chi connectivity index (χ1n) is 4.31. The van der Waals surface area contributed by atoms with E-state index in [1.54, 1.807) is 0 Å². The quantitative estimate of drug-likeness (QED) is 0.635. The lowest BCUT2D eigenvalue weighted by Gasteiger charge is -2.04. The molecule has 0 fully saturated rings. The zero-order chi connectivity index (χ0) is 9.59. The Morgan fingerprint density at radius 3 is 2.69 bits per heavy atom. The fourth-order valence-electron chi connectivity index (χ4n) is 1.71. The van der Waals surface area contributed by atoms with Gasteiger partial charge in [0.2, 0.25) is 0 Å². The molecule has 2 aromatic rings. The molecule has 1 N–H and O–H groups in total. The van der Waals surface area contributed by atoms with Crippen LogP contribution in [0.1, 0.15) is 16.8 Å². The van der Waals surface area contributed by atoms with E-state index in [-0.39, 0.29) is 0 Å². The molecule has 2 nitrogen and oxygen atoms in total. The summed E-state index contributed by atoms with van der Waals surface area (Å²) < 4.78 is 0. The second-order valence-corrected chi connectivity index (χ2v) is 4.09. The molecule has 1 aromatic carbocycles. The maximum atomic E-state index is 4.22. The Hall–Kier alpha value is -0.880. The van der Waals surface area contributed by atoms with Crippen LogP contribution < -0.4 is 5.30 Å². The molecule has 0 bridgehead atoms. The summed E-state index contributed by atoms with van der Waals surface area (Å²) in [5.41, 5.74) is 4.87. The van der Waals surface area contributed by atoms with Crippen molar-refractivity contribution in [3.63, 3.8) is 0 Å². The van der Waals surface area contributed by atoms with Gasteiger partial charge >= 0.3 is 0 Å². The Balaban J connectivity index is 3.00. The SMILES string of the molecule is Cc1cc(P)c2[nH]nc(C)c2c1C. The highest BCUT2D eigenvalue weighted by atomic mass is 31.0. The van der Waals surface area contributed by atoms with Gasteiger partial charge in [-0.25, -0.2) is 0 Å². The van der Waals surface area contributed by atoms with Crippen LogP contribution in [0.3, 0.4) is 0 Å². The van der Waals surface area contributed by atoms with E-state index in [1.807, 2.05) is 6.92 Å². The minimum absolute atomic E-state index is 1.08. The molecule has 1 unspecified atom stereocenters. The molecular weight excluding hydrogens is 179 g/mol. The number of fused-ring (bicyclic) bond motifs is 1. The third-order valence-corrected chi connectivity index (χ3v) is 3.03. The van der Waals surface area contributed by atoms with Crippen LogP contribution >= 0.6 is 9.24 Å². The van der Waals surface area contributed by atoms with Gasteiger partial charge in [0.15, 0.2) is 0 Å². The van der Waals surface area contributed by atoms with E-state index in [1.165, 1.54) is 21.8 Å². The average Bonchev–Trinajstić information content (AvgIpc) is 2.44. The van der Waals surface area contributed by atoms with Gasteiger partial charge in [0.25, 0.3) is 0 Å².